The van der Waals surface area contributed by atoms with E-state index >= 15 is 0 Å². The number of halogens is 1. The fourth-order valence-corrected chi connectivity index (χ4v) is 10.9. The van der Waals surface area contributed by atoms with E-state index in [2.05, 4.69) is 19.6 Å². The Balaban J connectivity index is 1.38. The second-order valence-corrected chi connectivity index (χ2v) is 17.8. The molecule has 0 spiro atoms. The molecule has 2 aromatic carbocycles. The van der Waals surface area contributed by atoms with Crippen LogP contribution in [0.25, 0.3) is 0 Å². The second-order valence-electron chi connectivity index (χ2n) is 17.8. The van der Waals surface area contributed by atoms with E-state index in [1.54, 1.807) is 24.3 Å². The standard InChI is InChI=1S/C50H69FN2O8/c1-3-26-53(46(56)25-22-35-15-5-6-16-35)45-33-43(52-61-47-21-11-14-30-57-47)40-31-36(17-9-12-27-54)39(19-10-13-28-55)48-41-32-38(58-34-37-18-7-8-20-42(37)51)23-24-44(41)60-50(45,49(40)48)59-29-4-2/h4,7-8,18,20,23-24,31-32,35-36,39,45,47-49,54-55H,2-3,5-6,9-17,19,21-22,25-30,33-34H2,1H3. The summed E-state index contributed by atoms with van der Waals surface area (Å²) in [4.78, 5) is 23.1. The largest absolute Gasteiger partial charge is 0.489 e. The number of hydrogen-bond acceptors (Lipinski definition) is 9. The summed E-state index contributed by atoms with van der Waals surface area (Å²) in [6.07, 6.45) is 18.4. The highest BCUT2D eigenvalue weighted by Crippen LogP contribution is 2.62. The predicted octanol–water partition coefficient (Wildman–Crippen LogP) is 9.77. The smallest absolute Gasteiger partial charge is 0.239 e. The van der Waals surface area contributed by atoms with E-state index in [1.807, 2.05) is 23.1 Å². The maximum Gasteiger partial charge on any atom is 0.239 e. The predicted molar refractivity (Wildman–Crippen MR) is 234 cm³/mol. The summed E-state index contributed by atoms with van der Waals surface area (Å²) in [5, 5.41) is 24.9. The molecule has 5 aliphatic rings. The number of fused-ring (bicyclic) bond motifs is 2. The molecule has 2 N–H and O–H groups in total. The third-order valence-electron chi connectivity index (χ3n) is 13.8. The lowest BCUT2D eigenvalue weighted by atomic mass is 9.55. The Hall–Kier alpha value is -3.77. The number of unbranched alkanes of at least 4 members (excludes halogenated alkanes) is 2. The summed E-state index contributed by atoms with van der Waals surface area (Å²) in [7, 11) is 0. The van der Waals surface area contributed by atoms with Crippen molar-refractivity contribution in [2.75, 3.05) is 33.0 Å². The van der Waals surface area contributed by atoms with Crippen molar-refractivity contribution < 1.29 is 43.2 Å². The van der Waals surface area contributed by atoms with Gasteiger partial charge in [-0.15, -0.1) is 6.58 Å². The summed E-state index contributed by atoms with van der Waals surface area (Å²) in [6, 6.07) is 12.0. The lowest BCUT2D eigenvalue weighted by Crippen LogP contribution is -2.70. The van der Waals surface area contributed by atoms with Gasteiger partial charge >= 0.3 is 0 Å². The number of oxime groups is 1. The van der Waals surface area contributed by atoms with Gasteiger partial charge in [0.1, 0.15) is 30.0 Å². The molecule has 0 bridgehead atoms. The Morgan fingerprint density at radius 3 is 2.54 bits per heavy atom. The first-order chi connectivity index (χ1) is 29.9. The molecule has 1 saturated heterocycles. The lowest BCUT2D eigenvalue weighted by Gasteiger charge is -2.60. The molecule has 3 fully saturated rings. The van der Waals surface area contributed by atoms with Crippen LogP contribution in [-0.2, 0) is 25.7 Å². The molecular weight excluding hydrogens is 776 g/mol. The molecule has 0 aromatic heterocycles. The number of aliphatic hydroxyl groups is 2. The highest BCUT2D eigenvalue weighted by atomic mass is 19.1. The average Bonchev–Trinajstić information content (AvgIpc) is 3.81. The van der Waals surface area contributed by atoms with E-state index in [-0.39, 0.29) is 55.9 Å². The SMILES string of the molecule is C=CCOC12Oc3ccc(OCc4ccccc4F)cc3C3C(CCCCO)C(CCCCO)C=C(C(=NOC4CCCCO4)CC1N(CCC)C(=O)CCC1CCCC1)C32. The summed E-state index contributed by atoms with van der Waals surface area (Å²) in [6.45, 7) is 7.83. The lowest BCUT2D eigenvalue weighted by molar-refractivity contribution is -0.257. The number of aliphatic hydroxyl groups excluding tert-OH is 2. The third-order valence-corrected chi connectivity index (χ3v) is 13.8. The molecule has 10 nitrogen and oxygen atoms in total. The zero-order chi connectivity index (χ0) is 42.6. The number of carbonyl (C=O) groups is 1. The van der Waals surface area contributed by atoms with E-state index in [9.17, 15) is 19.4 Å². The molecule has 7 unspecified atom stereocenters. The summed E-state index contributed by atoms with van der Waals surface area (Å²) in [5.74, 6) is -0.113. The van der Waals surface area contributed by atoms with Crippen LogP contribution in [0, 0.1) is 29.5 Å². The minimum absolute atomic E-state index is 0.0655. The molecule has 1 amide bonds. The fourth-order valence-electron chi connectivity index (χ4n) is 10.9. The first-order valence-corrected chi connectivity index (χ1v) is 23.4. The number of amides is 1. The van der Waals surface area contributed by atoms with Gasteiger partial charge in [0.05, 0.1) is 24.8 Å². The van der Waals surface area contributed by atoms with Crippen LogP contribution in [0.1, 0.15) is 133 Å². The van der Waals surface area contributed by atoms with Crippen molar-refractivity contribution in [1.82, 2.24) is 4.90 Å². The number of hydrogen-bond donors (Lipinski definition) is 2. The number of rotatable bonds is 22. The van der Waals surface area contributed by atoms with Gasteiger partial charge in [0.15, 0.2) is 0 Å². The topological polar surface area (TPSA) is 119 Å². The zero-order valence-corrected chi connectivity index (χ0v) is 36.3. The number of carbonyl (C=O) groups excluding carboxylic acids is 1. The minimum Gasteiger partial charge on any atom is -0.489 e. The van der Waals surface area contributed by atoms with E-state index in [0.717, 1.165) is 74.6 Å². The van der Waals surface area contributed by atoms with Crippen LogP contribution >= 0.6 is 0 Å². The molecule has 2 aliphatic heterocycles. The van der Waals surface area contributed by atoms with Crippen molar-refractivity contribution in [1.29, 1.82) is 0 Å². The minimum atomic E-state index is -1.31. The zero-order valence-electron chi connectivity index (χ0n) is 36.3. The Bertz CT molecular complexity index is 1810. The molecule has 61 heavy (non-hydrogen) atoms. The molecule has 334 valence electrons. The highest BCUT2D eigenvalue weighted by molar-refractivity contribution is 6.03. The van der Waals surface area contributed by atoms with Gasteiger partial charge in [-0.1, -0.05) is 81.0 Å². The van der Waals surface area contributed by atoms with Gasteiger partial charge in [0.25, 0.3) is 0 Å². The normalized spacial score (nSPS) is 27.7. The second kappa shape index (κ2) is 22.0. The molecule has 11 heteroatoms. The van der Waals surface area contributed by atoms with Crippen LogP contribution in [0.3, 0.4) is 0 Å². The highest BCUT2D eigenvalue weighted by Gasteiger charge is 2.65. The van der Waals surface area contributed by atoms with Crippen molar-refractivity contribution in [3.63, 3.8) is 0 Å². The van der Waals surface area contributed by atoms with Crippen molar-refractivity contribution in [3.05, 3.63) is 83.7 Å². The first-order valence-electron chi connectivity index (χ1n) is 23.4. The van der Waals surface area contributed by atoms with Crippen molar-refractivity contribution >= 4 is 11.6 Å². The third kappa shape index (κ3) is 10.5. The van der Waals surface area contributed by atoms with E-state index in [0.29, 0.717) is 61.8 Å². The Morgan fingerprint density at radius 1 is 1.02 bits per heavy atom. The van der Waals surface area contributed by atoms with Crippen LogP contribution in [0.5, 0.6) is 11.5 Å². The van der Waals surface area contributed by atoms with Gasteiger partial charge < -0.3 is 38.9 Å². The van der Waals surface area contributed by atoms with Gasteiger partial charge in [-0.2, -0.15) is 0 Å². The maximum absolute atomic E-state index is 14.8. The summed E-state index contributed by atoms with van der Waals surface area (Å²) in [5.41, 5.74) is 3.20. The van der Waals surface area contributed by atoms with Crippen LogP contribution in [0.15, 0.2) is 71.9 Å². The van der Waals surface area contributed by atoms with Gasteiger partial charge in [-0.3, -0.25) is 4.79 Å². The van der Waals surface area contributed by atoms with Crippen LogP contribution < -0.4 is 9.47 Å². The summed E-state index contributed by atoms with van der Waals surface area (Å²) < 4.78 is 41.7. The van der Waals surface area contributed by atoms with E-state index in [1.165, 1.54) is 31.7 Å². The maximum atomic E-state index is 14.8. The first kappa shape index (κ1) is 45.3. The number of benzene rings is 2. The van der Waals surface area contributed by atoms with Gasteiger partial charge in [-0.05, 0) is 99.0 Å². The molecule has 2 saturated carbocycles. The quantitative estimate of drug-likeness (QED) is 0.0684. The molecule has 7 rings (SSSR count). The molecule has 3 aliphatic carbocycles. The van der Waals surface area contributed by atoms with Crippen LogP contribution in [0.2, 0.25) is 0 Å². The molecule has 7 atom stereocenters. The van der Waals surface area contributed by atoms with E-state index < -0.39 is 24.0 Å². The fraction of sp³-hybridized carbons (Fsp3) is 0.640. The average molecular weight is 845 g/mol. The number of ether oxygens (including phenoxy) is 4. The summed E-state index contributed by atoms with van der Waals surface area (Å²) >= 11 is 0. The van der Waals surface area contributed by atoms with Gasteiger partial charge in [-0.25, -0.2) is 4.39 Å². The van der Waals surface area contributed by atoms with Crippen molar-refractivity contribution in [3.8, 4) is 11.5 Å². The van der Waals surface area contributed by atoms with Gasteiger partial charge in [0.2, 0.25) is 18.0 Å². The Morgan fingerprint density at radius 2 is 1.80 bits per heavy atom. The Kier molecular flexibility index (Phi) is 16.3. The molecule has 2 aromatic rings. The molecular formula is C50H69FN2O8. The number of nitrogens with zero attached hydrogens (tertiary/aromatic N) is 2. The van der Waals surface area contributed by atoms with Crippen molar-refractivity contribution in [2.24, 2.45) is 28.8 Å². The van der Waals surface area contributed by atoms with Crippen LogP contribution in [0.4, 0.5) is 4.39 Å². The van der Waals surface area contributed by atoms with Gasteiger partial charge in [0, 0.05) is 56.1 Å². The number of allylic oxidation sites excluding steroid dienone is 1. The van der Waals surface area contributed by atoms with E-state index in [4.69, 9.17) is 28.9 Å². The monoisotopic (exact) mass is 845 g/mol. The molecule has 2 heterocycles. The van der Waals surface area contributed by atoms with Crippen LogP contribution in [-0.4, -0.2) is 77.8 Å². The Labute approximate surface area is 362 Å². The molecule has 0 radical (unpaired) electrons. The van der Waals surface area contributed by atoms with Crippen molar-refractivity contribution in [2.45, 2.75) is 147 Å².